The Bertz CT molecular complexity index is 1490. The second kappa shape index (κ2) is 8.08. The van der Waals surface area contributed by atoms with E-state index in [9.17, 15) is 17.6 Å². The van der Waals surface area contributed by atoms with Crippen LogP contribution in [0.3, 0.4) is 0 Å². The molecule has 1 fully saturated rings. The van der Waals surface area contributed by atoms with E-state index in [0.29, 0.717) is 34.7 Å². The maximum Gasteiger partial charge on any atom is 0.282 e. The van der Waals surface area contributed by atoms with E-state index >= 15 is 0 Å². The molecule has 1 saturated heterocycles. The molecule has 0 amide bonds. The smallest absolute Gasteiger partial charge is 0.282 e. The fraction of sp³-hybridized carbons (Fsp3) is 0.429. The van der Waals surface area contributed by atoms with Crippen molar-refractivity contribution in [2.24, 2.45) is 4.99 Å². The summed E-state index contributed by atoms with van der Waals surface area (Å²) in [6, 6.07) is 3.50. The molecule has 180 valence electrons. The topological polar surface area (TPSA) is 105 Å². The molecule has 0 spiro atoms. The summed E-state index contributed by atoms with van der Waals surface area (Å²) in [7, 11) is 1.62. The summed E-state index contributed by atoms with van der Waals surface area (Å²) in [6.07, 6.45) is -2.47. The van der Waals surface area contributed by atoms with Crippen LogP contribution in [0.1, 0.15) is 13.6 Å². The van der Waals surface area contributed by atoms with Gasteiger partial charge in [-0.3, -0.25) is 9.61 Å². The van der Waals surface area contributed by atoms with Gasteiger partial charge in [-0.15, -0.1) is 0 Å². The van der Waals surface area contributed by atoms with E-state index in [4.69, 9.17) is 7.10 Å². The van der Waals surface area contributed by atoms with Crippen molar-refractivity contribution in [3.8, 4) is 11.3 Å². The second-order valence-electron chi connectivity index (χ2n) is 8.44. The number of nitrogens with zero attached hydrogens (tertiary/aromatic N) is 7. The van der Waals surface area contributed by atoms with Crippen molar-refractivity contribution in [1.82, 2.24) is 34.0 Å². The van der Waals surface area contributed by atoms with Crippen LogP contribution < -0.4 is 11.4 Å². The van der Waals surface area contributed by atoms with Gasteiger partial charge in [0, 0.05) is 18.3 Å². The first-order valence-corrected chi connectivity index (χ1v) is 10.6. The van der Waals surface area contributed by atoms with Crippen LogP contribution in [0.15, 0.2) is 29.4 Å². The van der Waals surface area contributed by atoms with Gasteiger partial charge in [-0.25, -0.2) is 32.5 Å². The highest BCUT2D eigenvalue weighted by atomic mass is 19.3. The predicted octanol–water partition coefficient (Wildman–Crippen LogP) is 2.47. The lowest BCUT2D eigenvalue weighted by Gasteiger charge is -2.33. The summed E-state index contributed by atoms with van der Waals surface area (Å²) in [5.41, 5.74) is 7.90. The molecule has 4 aromatic heterocycles. The molecule has 9 nitrogen and oxygen atoms in total. The van der Waals surface area contributed by atoms with Crippen molar-refractivity contribution in [2.75, 3.05) is 25.9 Å². The Morgan fingerprint density at radius 2 is 2.09 bits per heavy atom. The number of pyridine rings is 1. The van der Waals surface area contributed by atoms with Crippen molar-refractivity contribution in [2.45, 2.75) is 38.3 Å². The third-order valence-corrected chi connectivity index (χ3v) is 5.91. The van der Waals surface area contributed by atoms with Crippen LogP contribution >= 0.6 is 0 Å². The van der Waals surface area contributed by atoms with E-state index in [-0.39, 0.29) is 29.7 Å². The Hall–Kier alpha value is -3.48. The molecule has 1 aliphatic rings. The highest BCUT2D eigenvalue weighted by molar-refractivity contribution is 5.88. The van der Waals surface area contributed by atoms with E-state index in [1.165, 1.54) is 15.1 Å². The highest BCUT2D eigenvalue weighted by Crippen LogP contribution is 2.30. The van der Waals surface area contributed by atoms with Crippen LogP contribution in [0.5, 0.6) is 0 Å². The Morgan fingerprint density at radius 3 is 2.82 bits per heavy atom. The van der Waals surface area contributed by atoms with Gasteiger partial charge in [0.15, 0.2) is 11.5 Å². The minimum Gasteiger partial charge on any atom is -0.382 e. The number of aryl methyl sites for hydroxylation is 1. The largest absolute Gasteiger partial charge is 0.382 e. The normalized spacial score (nSPS) is 20.0. The monoisotopic (exact) mass is 478 g/mol. The number of nitrogens with two attached hydrogens (primary N) is 1. The number of imidazole rings is 1. The molecule has 0 unspecified atom stereocenters. The van der Waals surface area contributed by atoms with Gasteiger partial charge in [-0.1, -0.05) is 0 Å². The number of H-pyrrole nitrogens is 1. The molecule has 0 bridgehead atoms. The number of nitrogen functional groups attached to an aromatic ring is 1. The van der Waals surface area contributed by atoms with E-state index in [2.05, 4.69) is 25.0 Å². The SMILES string of the molecule is [2H]c1cc(-c2ccc3nc(C)n(CC(F)F)c3n2)c2c(N)nc(=N[C@@H]3CCN(C)CC3(F)F)[nH]n12. The zero-order valence-corrected chi connectivity index (χ0v) is 18.4. The van der Waals surface area contributed by atoms with Gasteiger partial charge in [0.05, 0.1) is 20.2 Å². The quantitative estimate of drug-likeness (QED) is 0.439. The third-order valence-electron chi connectivity index (χ3n) is 5.91. The predicted molar refractivity (Wildman–Crippen MR) is 118 cm³/mol. The molecule has 1 aliphatic heterocycles. The van der Waals surface area contributed by atoms with Gasteiger partial charge in [0.1, 0.15) is 22.9 Å². The number of fused-ring (bicyclic) bond motifs is 2. The summed E-state index contributed by atoms with van der Waals surface area (Å²) in [5, 5.41) is 2.78. The molecule has 34 heavy (non-hydrogen) atoms. The summed E-state index contributed by atoms with van der Waals surface area (Å²) in [4.78, 5) is 18.6. The van der Waals surface area contributed by atoms with Crippen molar-refractivity contribution in [3.05, 3.63) is 35.8 Å². The number of aromatic nitrogens is 6. The second-order valence-corrected chi connectivity index (χ2v) is 8.44. The zero-order valence-electron chi connectivity index (χ0n) is 19.4. The molecule has 1 atom stereocenters. The average Bonchev–Trinajstić information content (AvgIpc) is 3.26. The Labute approximate surface area is 192 Å². The maximum atomic E-state index is 14.5. The minimum atomic E-state index is -3.03. The number of hydrogen-bond donors (Lipinski definition) is 2. The average molecular weight is 478 g/mol. The first kappa shape index (κ1) is 21.1. The van der Waals surface area contributed by atoms with Crippen molar-refractivity contribution in [3.63, 3.8) is 0 Å². The number of rotatable bonds is 4. The molecular formula is C21H23F4N9. The molecule has 5 heterocycles. The molecule has 0 radical (unpaired) electrons. The molecule has 0 saturated carbocycles. The Kier molecular flexibility index (Phi) is 5.01. The van der Waals surface area contributed by atoms with Crippen molar-refractivity contribution in [1.29, 1.82) is 0 Å². The lowest BCUT2D eigenvalue weighted by Crippen LogP contribution is -2.50. The van der Waals surface area contributed by atoms with E-state index < -0.39 is 31.5 Å². The molecule has 4 aromatic rings. The molecule has 0 aromatic carbocycles. The lowest BCUT2D eigenvalue weighted by atomic mass is 10.0. The summed E-state index contributed by atoms with van der Waals surface area (Å²) >= 11 is 0. The number of hydrogen-bond acceptors (Lipinski definition) is 6. The van der Waals surface area contributed by atoms with Crippen molar-refractivity contribution >= 4 is 22.5 Å². The fourth-order valence-corrected chi connectivity index (χ4v) is 4.29. The maximum absolute atomic E-state index is 14.5. The van der Waals surface area contributed by atoms with Crippen LogP contribution in [0.4, 0.5) is 23.4 Å². The molecule has 13 heteroatoms. The van der Waals surface area contributed by atoms with Crippen LogP contribution in [-0.4, -0.2) is 72.6 Å². The third kappa shape index (κ3) is 3.89. The number of likely N-dealkylation sites (tertiary alicyclic amines) is 1. The van der Waals surface area contributed by atoms with Gasteiger partial charge in [0.2, 0.25) is 5.62 Å². The minimum absolute atomic E-state index is 0.0325. The first-order valence-electron chi connectivity index (χ1n) is 11.1. The Balaban J connectivity index is 1.61. The van der Waals surface area contributed by atoms with Crippen LogP contribution in [0.25, 0.3) is 27.9 Å². The van der Waals surface area contributed by atoms with Crippen LogP contribution in [0.2, 0.25) is 0 Å². The number of halogens is 4. The first-order chi connectivity index (χ1) is 16.5. The molecule has 3 N–H and O–H groups in total. The number of aromatic amines is 1. The lowest BCUT2D eigenvalue weighted by molar-refractivity contribution is -0.0738. The zero-order chi connectivity index (χ0) is 25.1. The molecule has 0 aliphatic carbocycles. The van der Waals surface area contributed by atoms with Gasteiger partial charge >= 0.3 is 0 Å². The van der Waals surface area contributed by atoms with Gasteiger partial charge in [0.25, 0.3) is 12.3 Å². The number of nitrogens with one attached hydrogen (secondary N) is 1. The number of anilines is 1. The van der Waals surface area contributed by atoms with Crippen molar-refractivity contribution < 1.29 is 18.9 Å². The molecule has 5 rings (SSSR count). The van der Waals surface area contributed by atoms with E-state index in [0.717, 1.165) is 0 Å². The van der Waals surface area contributed by atoms with E-state index in [1.807, 2.05) is 0 Å². The standard InChI is InChI=1S/C21H23F4N9/c1-11-27-14-4-3-13(28-19(14)33(11)9-16(22)23)12-5-8-34-17(12)18(26)30-20(31-34)29-15-6-7-32(2)10-21(15,24)25/h3-5,8,15-16H,6-7,9-10H2,1-2H3,(H3,26,29,30,31)/t15-/m1/s1/i8D. The van der Waals surface area contributed by atoms with Crippen LogP contribution in [0, 0.1) is 6.92 Å². The highest BCUT2D eigenvalue weighted by Gasteiger charge is 2.43. The number of piperidine rings is 1. The van der Waals surface area contributed by atoms with Gasteiger partial charge in [-0.2, -0.15) is 4.98 Å². The van der Waals surface area contributed by atoms with Gasteiger partial charge < -0.3 is 15.2 Å². The summed E-state index contributed by atoms with van der Waals surface area (Å²) in [5.74, 6) is -2.66. The van der Waals surface area contributed by atoms with Gasteiger partial charge in [-0.05, 0) is 38.6 Å². The van der Waals surface area contributed by atoms with Crippen LogP contribution in [-0.2, 0) is 6.54 Å². The summed E-state index contributed by atoms with van der Waals surface area (Å²) < 4.78 is 66.0. The summed E-state index contributed by atoms with van der Waals surface area (Å²) in [6.45, 7) is 1.12. The van der Waals surface area contributed by atoms with E-state index in [1.54, 1.807) is 31.0 Å². The fourth-order valence-electron chi connectivity index (χ4n) is 4.29. The number of alkyl halides is 4. The molecular weight excluding hydrogens is 454 g/mol. The Morgan fingerprint density at radius 1 is 1.29 bits per heavy atom.